The number of amides is 1. The fraction of sp³-hybridized carbons (Fsp3) is 0.300. The second-order valence-electron chi connectivity index (χ2n) is 2.99. The predicted molar refractivity (Wildman–Crippen MR) is 55.1 cm³/mol. The zero-order chi connectivity index (χ0) is 11.4. The number of benzene rings is 1. The monoisotopic (exact) mass is 233 g/mol. The smallest absolute Gasteiger partial charge is 0.228 e. The number of hydrogen-bond donors (Lipinski definition) is 0. The molecule has 1 amide bonds. The Hall–Kier alpha value is -1.16. The van der Waals surface area contributed by atoms with E-state index in [2.05, 4.69) is 0 Å². The number of rotatable bonds is 3. The van der Waals surface area contributed by atoms with Crippen LogP contribution in [0.5, 0.6) is 0 Å². The summed E-state index contributed by atoms with van der Waals surface area (Å²) in [4.78, 5) is 12.4. The van der Waals surface area contributed by atoms with Crippen LogP contribution in [0, 0.1) is 11.6 Å². The molecule has 0 saturated heterocycles. The van der Waals surface area contributed by atoms with Crippen LogP contribution in [0.1, 0.15) is 6.42 Å². The van der Waals surface area contributed by atoms with Gasteiger partial charge in [-0.2, -0.15) is 0 Å². The Morgan fingerprint density at radius 1 is 1.47 bits per heavy atom. The number of halogens is 3. The van der Waals surface area contributed by atoms with Gasteiger partial charge in [0.2, 0.25) is 5.91 Å². The first-order valence-corrected chi connectivity index (χ1v) is 4.87. The highest BCUT2D eigenvalue weighted by atomic mass is 35.5. The van der Waals surface area contributed by atoms with E-state index in [1.54, 1.807) is 0 Å². The van der Waals surface area contributed by atoms with Crippen LogP contribution >= 0.6 is 11.6 Å². The van der Waals surface area contributed by atoms with E-state index in [4.69, 9.17) is 11.6 Å². The van der Waals surface area contributed by atoms with E-state index in [9.17, 15) is 13.6 Å². The number of alkyl halides is 1. The third-order valence-electron chi connectivity index (χ3n) is 1.95. The highest BCUT2D eigenvalue weighted by molar-refractivity contribution is 6.19. The Labute approximate surface area is 91.4 Å². The molecule has 0 radical (unpaired) electrons. The first-order valence-electron chi connectivity index (χ1n) is 4.34. The van der Waals surface area contributed by atoms with Crippen LogP contribution in [0.3, 0.4) is 0 Å². The van der Waals surface area contributed by atoms with Crippen LogP contribution < -0.4 is 4.90 Å². The van der Waals surface area contributed by atoms with E-state index in [1.165, 1.54) is 7.05 Å². The van der Waals surface area contributed by atoms with Gasteiger partial charge in [-0.15, -0.1) is 11.6 Å². The van der Waals surface area contributed by atoms with Gasteiger partial charge in [0.1, 0.15) is 11.6 Å². The first kappa shape index (κ1) is 11.9. The van der Waals surface area contributed by atoms with Gasteiger partial charge in [0, 0.05) is 25.4 Å². The molecule has 0 aromatic heterocycles. The summed E-state index contributed by atoms with van der Waals surface area (Å²) in [5.41, 5.74) is -0.0786. The molecule has 0 N–H and O–H groups in total. The maximum Gasteiger partial charge on any atom is 0.228 e. The molecule has 0 atom stereocenters. The second-order valence-corrected chi connectivity index (χ2v) is 3.37. The molecule has 1 aromatic rings. The highest BCUT2D eigenvalue weighted by Gasteiger charge is 2.14. The second kappa shape index (κ2) is 5.07. The molecule has 0 bridgehead atoms. The van der Waals surface area contributed by atoms with Gasteiger partial charge in [0.05, 0.1) is 5.69 Å². The maximum absolute atomic E-state index is 13.2. The Balaban J connectivity index is 2.94. The Morgan fingerprint density at radius 2 is 2.13 bits per heavy atom. The predicted octanol–water partition coefficient (Wildman–Crippen LogP) is 2.56. The molecule has 82 valence electrons. The van der Waals surface area contributed by atoms with Gasteiger partial charge in [-0.05, 0) is 12.1 Å². The molecule has 0 saturated carbocycles. The van der Waals surface area contributed by atoms with Gasteiger partial charge < -0.3 is 4.90 Å². The number of anilines is 1. The fourth-order valence-corrected chi connectivity index (χ4v) is 1.29. The van der Waals surface area contributed by atoms with Crippen LogP contribution in [-0.2, 0) is 4.79 Å². The summed E-state index contributed by atoms with van der Waals surface area (Å²) >= 11 is 5.38. The zero-order valence-corrected chi connectivity index (χ0v) is 8.89. The fourth-order valence-electron chi connectivity index (χ4n) is 1.13. The van der Waals surface area contributed by atoms with Gasteiger partial charge in [-0.3, -0.25) is 4.79 Å². The van der Waals surface area contributed by atoms with Crippen LogP contribution in [0.2, 0.25) is 0 Å². The van der Waals surface area contributed by atoms with E-state index < -0.39 is 11.6 Å². The van der Waals surface area contributed by atoms with Crippen molar-refractivity contribution in [2.45, 2.75) is 6.42 Å². The molecule has 0 unspecified atom stereocenters. The average molecular weight is 234 g/mol. The third kappa shape index (κ3) is 2.89. The standard InChI is InChI=1S/C10H10ClF2NO/c1-14(10(15)4-5-11)9-6-7(12)2-3-8(9)13/h2-3,6H,4-5H2,1H3. The van der Waals surface area contributed by atoms with Crippen molar-refractivity contribution >= 4 is 23.2 Å². The molecular weight excluding hydrogens is 224 g/mol. The molecule has 5 heteroatoms. The van der Waals surface area contributed by atoms with Crippen LogP contribution in [-0.4, -0.2) is 18.8 Å². The Bertz CT molecular complexity index is 370. The van der Waals surface area contributed by atoms with Crippen molar-refractivity contribution in [3.8, 4) is 0 Å². The Kier molecular flexibility index (Phi) is 4.03. The van der Waals surface area contributed by atoms with Gasteiger partial charge in [-0.1, -0.05) is 0 Å². The minimum absolute atomic E-state index is 0.0786. The molecule has 0 aliphatic rings. The molecule has 0 heterocycles. The van der Waals surface area contributed by atoms with Gasteiger partial charge >= 0.3 is 0 Å². The summed E-state index contributed by atoms with van der Waals surface area (Å²) in [7, 11) is 1.38. The molecule has 2 nitrogen and oxygen atoms in total. The van der Waals surface area contributed by atoms with Crippen molar-refractivity contribution in [1.29, 1.82) is 0 Å². The van der Waals surface area contributed by atoms with Crippen molar-refractivity contribution in [3.63, 3.8) is 0 Å². The summed E-state index contributed by atoms with van der Waals surface area (Å²) in [6.45, 7) is 0. The molecule has 0 aliphatic heterocycles. The zero-order valence-electron chi connectivity index (χ0n) is 8.14. The molecular formula is C10H10ClF2NO. The van der Waals surface area contributed by atoms with Crippen molar-refractivity contribution in [2.24, 2.45) is 0 Å². The lowest BCUT2D eigenvalue weighted by Crippen LogP contribution is -2.27. The van der Waals surface area contributed by atoms with E-state index >= 15 is 0 Å². The summed E-state index contributed by atoms with van der Waals surface area (Å²) in [6, 6.07) is 2.95. The summed E-state index contributed by atoms with van der Waals surface area (Å²) in [6.07, 6.45) is 0.0913. The van der Waals surface area contributed by atoms with E-state index in [1.807, 2.05) is 0 Å². The summed E-state index contributed by atoms with van der Waals surface area (Å²) < 4.78 is 26.1. The van der Waals surface area contributed by atoms with Crippen molar-refractivity contribution in [3.05, 3.63) is 29.8 Å². The van der Waals surface area contributed by atoms with E-state index in [0.717, 1.165) is 23.1 Å². The molecule has 0 aliphatic carbocycles. The van der Waals surface area contributed by atoms with Crippen molar-refractivity contribution in [1.82, 2.24) is 0 Å². The molecule has 0 fully saturated rings. The number of nitrogens with zero attached hydrogens (tertiary/aromatic N) is 1. The van der Waals surface area contributed by atoms with Crippen molar-refractivity contribution in [2.75, 3.05) is 17.8 Å². The minimum atomic E-state index is -0.637. The molecule has 15 heavy (non-hydrogen) atoms. The molecule has 1 rings (SSSR count). The lowest BCUT2D eigenvalue weighted by molar-refractivity contribution is -0.117. The highest BCUT2D eigenvalue weighted by Crippen LogP contribution is 2.19. The minimum Gasteiger partial charge on any atom is -0.313 e. The van der Waals surface area contributed by atoms with E-state index in [0.29, 0.717) is 0 Å². The third-order valence-corrected chi connectivity index (χ3v) is 2.14. The van der Waals surface area contributed by atoms with Crippen molar-refractivity contribution < 1.29 is 13.6 Å². The topological polar surface area (TPSA) is 20.3 Å². The van der Waals surface area contributed by atoms with Crippen LogP contribution in [0.25, 0.3) is 0 Å². The van der Waals surface area contributed by atoms with Gasteiger partial charge in [0.25, 0.3) is 0 Å². The molecule has 1 aromatic carbocycles. The number of carbonyl (C=O) groups excluding carboxylic acids is 1. The normalized spacial score (nSPS) is 10.1. The summed E-state index contributed by atoms with van der Waals surface area (Å²) in [5, 5.41) is 0. The number of carbonyl (C=O) groups is 1. The van der Waals surface area contributed by atoms with Gasteiger partial charge in [0.15, 0.2) is 0 Å². The van der Waals surface area contributed by atoms with Crippen LogP contribution in [0.4, 0.5) is 14.5 Å². The van der Waals surface area contributed by atoms with Gasteiger partial charge in [-0.25, -0.2) is 8.78 Å². The van der Waals surface area contributed by atoms with E-state index in [-0.39, 0.29) is 23.9 Å². The lowest BCUT2D eigenvalue weighted by atomic mass is 10.2. The Morgan fingerprint density at radius 3 is 2.73 bits per heavy atom. The van der Waals surface area contributed by atoms with Crippen LogP contribution in [0.15, 0.2) is 18.2 Å². The maximum atomic E-state index is 13.2. The summed E-state index contributed by atoms with van der Waals surface area (Å²) in [5.74, 6) is -1.42. The first-order chi connectivity index (χ1) is 7.06. The average Bonchev–Trinajstić information content (AvgIpc) is 2.21. The number of hydrogen-bond acceptors (Lipinski definition) is 1. The SMILES string of the molecule is CN(C(=O)CCCl)c1cc(F)ccc1F. The lowest BCUT2D eigenvalue weighted by Gasteiger charge is -2.17. The largest absolute Gasteiger partial charge is 0.313 e. The molecule has 0 spiro atoms. The quantitative estimate of drug-likeness (QED) is 0.735.